The Morgan fingerprint density at radius 3 is 3.08 bits per heavy atom. The molecule has 1 saturated heterocycles. The normalized spacial score (nSPS) is 19.5. The molecule has 2 amide bonds. The van der Waals surface area contributed by atoms with Gasteiger partial charge in [-0.25, -0.2) is 14.2 Å². The number of hydrogen-bond donors (Lipinski definition) is 3. The largest absolute Gasteiger partial charge is 0.466 e. The summed E-state index contributed by atoms with van der Waals surface area (Å²) in [6.45, 7) is 2.67. The number of anilines is 1. The summed E-state index contributed by atoms with van der Waals surface area (Å²) in [6.07, 6.45) is 3.70. The summed E-state index contributed by atoms with van der Waals surface area (Å²) in [4.78, 5) is 17.9. The number of nitrogens with zero attached hydrogens (tertiary/aromatic N) is 2. The van der Waals surface area contributed by atoms with Gasteiger partial charge in [0.05, 0.1) is 12.8 Å². The minimum Gasteiger partial charge on any atom is -0.466 e. The van der Waals surface area contributed by atoms with Gasteiger partial charge in [-0.1, -0.05) is 0 Å². The molecule has 0 bridgehead atoms. The summed E-state index contributed by atoms with van der Waals surface area (Å²) in [6, 6.07) is 5.73. The molecule has 2 unspecified atom stereocenters. The standard InChI is InChI=1S/C17H21FN4O3/c1-17(24,14-5-3-9-25-14)11-20-16(23)21-12-6-8-22(10-12)15-13(18)4-2-7-19-15/h2-5,7,9,12,24H,6,8,10-11H2,1H3,(H2,20,21,23). The molecule has 0 aromatic carbocycles. The van der Waals surface area contributed by atoms with Gasteiger partial charge < -0.3 is 25.1 Å². The number of halogens is 1. The van der Waals surface area contributed by atoms with Crippen molar-refractivity contribution in [2.75, 3.05) is 24.5 Å². The molecule has 134 valence electrons. The molecule has 0 aliphatic carbocycles. The number of amides is 2. The highest BCUT2D eigenvalue weighted by atomic mass is 19.1. The van der Waals surface area contributed by atoms with Crippen LogP contribution in [0.5, 0.6) is 0 Å². The van der Waals surface area contributed by atoms with Gasteiger partial charge in [-0.15, -0.1) is 0 Å². The number of hydrogen-bond acceptors (Lipinski definition) is 5. The molecule has 25 heavy (non-hydrogen) atoms. The van der Waals surface area contributed by atoms with Crippen molar-refractivity contribution in [3.63, 3.8) is 0 Å². The van der Waals surface area contributed by atoms with Crippen molar-refractivity contribution in [1.82, 2.24) is 15.6 Å². The van der Waals surface area contributed by atoms with Crippen molar-refractivity contribution >= 4 is 11.8 Å². The minimum atomic E-state index is -1.29. The van der Waals surface area contributed by atoms with Crippen molar-refractivity contribution in [2.24, 2.45) is 0 Å². The smallest absolute Gasteiger partial charge is 0.315 e. The van der Waals surface area contributed by atoms with Crippen LogP contribution in [0.25, 0.3) is 0 Å². The Balaban J connectivity index is 1.49. The predicted octanol–water partition coefficient (Wildman–Crippen LogP) is 1.60. The summed E-state index contributed by atoms with van der Waals surface area (Å²) in [7, 11) is 0. The third kappa shape index (κ3) is 4.08. The lowest BCUT2D eigenvalue weighted by Gasteiger charge is -2.22. The lowest BCUT2D eigenvalue weighted by molar-refractivity contribution is 0.0367. The number of pyridine rings is 1. The monoisotopic (exact) mass is 348 g/mol. The Kier molecular flexibility index (Phi) is 4.89. The number of urea groups is 1. The van der Waals surface area contributed by atoms with Crippen molar-refractivity contribution in [3.8, 4) is 0 Å². The van der Waals surface area contributed by atoms with Crippen LogP contribution < -0.4 is 15.5 Å². The first kappa shape index (κ1) is 17.2. The van der Waals surface area contributed by atoms with Crippen LogP contribution in [0.4, 0.5) is 15.0 Å². The molecule has 3 N–H and O–H groups in total. The molecule has 0 saturated carbocycles. The van der Waals surface area contributed by atoms with E-state index in [1.807, 2.05) is 0 Å². The second-order valence-corrected chi connectivity index (χ2v) is 6.32. The Labute approximate surface area is 144 Å². The maximum atomic E-state index is 13.8. The van der Waals surface area contributed by atoms with Gasteiger partial charge >= 0.3 is 6.03 Å². The quantitative estimate of drug-likeness (QED) is 0.764. The van der Waals surface area contributed by atoms with E-state index in [0.29, 0.717) is 31.1 Å². The van der Waals surface area contributed by atoms with Crippen molar-refractivity contribution in [2.45, 2.75) is 25.0 Å². The fraction of sp³-hybridized carbons (Fsp3) is 0.412. The third-order valence-corrected chi connectivity index (χ3v) is 4.21. The average Bonchev–Trinajstić information content (AvgIpc) is 3.25. The third-order valence-electron chi connectivity index (χ3n) is 4.21. The van der Waals surface area contributed by atoms with Crippen molar-refractivity contribution < 1.29 is 18.7 Å². The van der Waals surface area contributed by atoms with Gasteiger partial charge in [0.25, 0.3) is 0 Å². The van der Waals surface area contributed by atoms with Crippen LogP contribution in [0.2, 0.25) is 0 Å². The van der Waals surface area contributed by atoms with Gasteiger partial charge in [-0.2, -0.15) is 0 Å². The zero-order valence-electron chi connectivity index (χ0n) is 13.9. The molecule has 0 radical (unpaired) electrons. The number of furan rings is 1. The number of carbonyl (C=O) groups is 1. The number of aromatic nitrogens is 1. The zero-order valence-corrected chi connectivity index (χ0v) is 13.9. The van der Waals surface area contributed by atoms with E-state index in [-0.39, 0.29) is 24.4 Å². The topological polar surface area (TPSA) is 90.6 Å². The van der Waals surface area contributed by atoms with E-state index in [1.54, 1.807) is 36.2 Å². The molecular formula is C17H21FN4O3. The first-order valence-corrected chi connectivity index (χ1v) is 8.12. The highest BCUT2D eigenvalue weighted by molar-refractivity contribution is 5.74. The molecule has 3 rings (SSSR count). The van der Waals surface area contributed by atoms with Crippen LogP contribution in [0.15, 0.2) is 41.1 Å². The molecule has 1 aliphatic heterocycles. The van der Waals surface area contributed by atoms with Crippen molar-refractivity contribution in [1.29, 1.82) is 0 Å². The molecule has 0 spiro atoms. The summed E-state index contributed by atoms with van der Waals surface area (Å²) in [5, 5.41) is 15.8. The van der Waals surface area contributed by atoms with Crippen molar-refractivity contribution in [3.05, 3.63) is 48.3 Å². The van der Waals surface area contributed by atoms with Gasteiger partial charge in [-0.05, 0) is 37.6 Å². The predicted molar refractivity (Wildman–Crippen MR) is 89.6 cm³/mol. The lowest BCUT2D eigenvalue weighted by atomic mass is 10.0. The first-order valence-electron chi connectivity index (χ1n) is 8.12. The van der Waals surface area contributed by atoms with Crippen LogP contribution >= 0.6 is 0 Å². The van der Waals surface area contributed by atoms with Gasteiger partial charge in [0, 0.05) is 25.3 Å². The summed E-state index contributed by atoms with van der Waals surface area (Å²) >= 11 is 0. The summed E-state index contributed by atoms with van der Waals surface area (Å²) in [5.41, 5.74) is -1.29. The van der Waals surface area contributed by atoms with Crippen LogP contribution in [0.1, 0.15) is 19.1 Å². The Bertz CT molecular complexity index is 720. The Morgan fingerprint density at radius 2 is 2.36 bits per heavy atom. The summed E-state index contributed by atoms with van der Waals surface area (Å²) < 4.78 is 18.9. The van der Waals surface area contributed by atoms with E-state index in [4.69, 9.17) is 4.42 Å². The number of rotatable bonds is 5. The molecule has 8 heteroatoms. The van der Waals surface area contributed by atoms with Gasteiger partial charge in [0.2, 0.25) is 0 Å². The molecule has 7 nitrogen and oxygen atoms in total. The fourth-order valence-electron chi connectivity index (χ4n) is 2.84. The summed E-state index contributed by atoms with van der Waals surface area (Å²) in [5.74, 6) is 0.306. The van der Waals surface area contributed by atoms with E-state index < -0.39 is 5.60 Å². The molecule has 2 atom stereocenters. The van der Waals surface area contributed by atoms with Crippen LogP contribution in [-0.2, 0) is 5.60 Å². The highest BCUT2D eigenvalue weighted by Gasteiger charge is 2.29. The molecule has 3 heterocycles. The van der Waals surface area contributed by atoms with Gasteiger partial charge in [0.15, 0.2) is 11.6 Å². The maximum Gasteiger partial charge on any atom is 0.315 e. The number of nitrogens with one attached hydrogen (secondary N) is 2. The van der Waals surface area contributed by atoms with Crippen LogP contribution in [0.3, 0.4) is 0 Å². The van der Waals surface area contributed by atoms with Crippen LogP contribution in [-0.4, -0.2) is 41.8 Å². The second kappa shape index (κ2) is 7.10. The van der Waals surface area contributed by atoms with E-state index in [0.717, 1.165) is 0 Å². The van der Waals surface area contributed by atoms with E-state index in [2.05, 4.69) is 15.6 Å². The number of aliphatic hydroxyl groups is 1. The maximum absolute atomic E-state index is 13.8. The minimum absolute atomic E-state index is 0.0116. The average molecular weight is 348 g/mol. The zero-order chi connectivity index (χ0) is 17.9. The molecule has 2 aromatic rings. The highest BCUT2D eigenvalue weighted by Crippen LogP contribution is 2.21. The van der Waals surface area contributed by atoms with Gasteiger partial charge in [-0.3, -0.25) is 0 Å². The van der Waals surface area contributed by atoms with E-state index in [1.165, 1.54) is 12.3 Å². The first-order chi connectivity index (χ1) is 12.0. The van der Waals surface area contributed by atoms with Crippen LogP contribution in [0, 0.1) is 5.82 Å². The van der Waals surface area contributed by atoms with E-state index in [9.17, 15) is 14.3 Å². The lowest BCUT2D eigenvalue weighted by Crippen LogP contribution is -2.47. The molecular weight excluding hydrogens is 327 g/mol. The SMILES string of the molecule is CC(O)(CNC(=O)NC1CCN(c2ncccc2F)C1)c1ccco1. The molecule has 1 fully saturated rings. The van der Waals surface area contributed by atoms with Gasteiger partial charge in [0.1, 0.15) is 11.4 Å². The molecule has 1 aliphatic rings. The second-order valence-electron chi connectivity index (χ2n) is 6.32. The Morgan fingerprint density at radius 1 is 1.52 bits per heavy atom. The Hall–Kier alpha value is -2.61. The number of carbonyl (C=O) groups excluding carboxylic acids is 1. The van der Waals surface area contributed by atoms with E-state index >= 15 is 0 Å². The fourth-order valence-corrected chi connectivity index (χ4v) is 2.84. The molecule has 2 aromatic heterocycles.